The molecule has 3 unspecified atom stereocenters. The van der Waals surface area contributed by atoms with E-state index in [2.05, 4.69) is 30.7 Å². The quantitative estimate of drug-likeness (QED) is 0.766. The minimum Gasteiger partial charge on any atom is -0.465 e. The van der Waals surface area contributed by atoms with E-state index in [0.717, 1.165) is 26.1 Å². The number of likely N-dealkylation sites (N-methyl/N-ethyl adjacent to an activating group) is 1. The van der Waals surface area contributed by atoms with Crippen LogP contribution in [0.15, 0.2) is 0 Å². The van der Waals surface area contributed by atoms with Gasteiger partial charge in [-0.25, -0.2) is 0 Å². The van der Waals surface area contributed by atoms with Gasteiger partial charge in [0.1, 0.15) is 5.54 Å². The second-order valence-corrected chi connectivity index (χ2v) is 6.39. The number of carbonyl (C=O) groups is 1. The first-order chi connectivity index (χ1) is 9.27. The first-order valence-corrected chi connectivity index (χ1v) is 7.68. The zero-order valence-corrected chi connectivity index (χ0v) is 13.7. The van der Waals surface area contributed by atoms with Crippen LogP contribution in [0.3, 0.4) is 0 Å². The molecule has 0 aromatic heterocycles. The highest BCUT2D eigenvalue weighted by Crippen LogP contribution is 2.20. The number of esters is 1. The van der Waals surface area contributed by atoms with E-state index in [0.29, 0.717) is 19.1 Å². The largest absolute Gasteiger partial charge is 0.465 e. The summed E-state index contributed by atoms with van der Waals surface area (Å²) in [7, 11) is 2.16. The molecule has 5 nitrogen and oxygen atoms in total. The van der Waals surface area contributed by atoms with Gasteiger partial charge in [0.25, 0.3) is 0 Å². The molecule has 0 spiro atoms. The van der Waals surface area contributed by atoms with Gasteiger partial charge in [0.05, 0.1) is 6.61 Å². The van der Waals surface area contributed by atoms with Crippen molar-refractivity contribution in [1.29, 1.82) is 0 Å². The maximum Gasteiger partial charge on any atom is 0.325 e. The molecule has 0 aliphatic carbocycles. The number of hydrogen-bond acceptors (Lipinski definition) is 5. The van der Waals surface area contributed by atoms with Gasteiger partial charge >= 0.3 is 5.97 Å². The number of hydrogen-bond donors (Lipinski definition) is 1. The Kier molecular flexibility index (Phi) is 6.43. The lowest BCUT2D eigenvalue weighted by Gasteiger charge is -2.36. The van der Waals surface area contributed by atoms with E-state index < -0.39 is 5.54 Å². The van der Waals surface area contributed by atoms with Crippen LogP contribution in [0.2, 0.25) is 0 Å². The third-order valence-electron chi connectivity index (χ3n) is 4.13. The van der Waals surface area contributed by atoms with Gasteiger partial charge in [-0.05, 0) is 60.7 Å². The van der Waals surface area contributed by atoms with E-state index in [9.17, 15) is 4.79 Å². The summed E-state index contributed by atoms with van der Waals surface area (Å²) in [5.41, 5.74) is 5.24. The fraction of sp³-hybridized carbons (Fsp3) is 0.933. The number of ether oxygens (including phenoxy) is 1. The molecule has 0 bridgehead atoms. The van der Waals surface area contributed by atoms with Gasteiger partial charge in [0, 0.05) is 18.6 Å². The highest BCUT2D eigenvalue weighted by molar-refractivity contribution is 5.80. The lowest BCUT2D eigenvalue weighted by atomic mass is 9.93. The summed E-state index contributed by atoms with van der Waals surface area (Å²) >= 11 is 0. The van der Waals surface area contributed by atoms with Gasteiger partial charge in [-0.2, -0.15) is 0 Å². The maximum absolute atomic E-state index is 11.9. The van der Waals surface area contributed by atoms with Crippen molar-refractivity contribution < 1.29 is 9.53 Å². The molecule has 1 saturated heterocycles. The summed E-state index contributed by atoms with van der Waals surface area (Å²) in [6.45, 7) is 11.6. The molecule has 118 valence electrons. The molecule has 2 N–H and O–H groups in total. The van der Waals surface area contributed by atoms with Crippen molar-refractivity contribution in [2.75, 3.05) is 33.3 Å². The Bertz CT molecular complexity index is 320. The fourth-order valence-corrected chi connectivity index (χ4v) is 3.16. The normalized spacial score (nSPS) is 26.6. The van der Waals surface area contributed by atoms with Crippen molar-refractivity contribution in [2.45, 2.75) is 58.2 Å². The minimum atomic E-state index is -0.909. The van der Waals surface area contributed by atoms with Crippen LogP contribution in [-0.2, 0) is 9.53 Å². The minimum absolute atomic E-state index is 0.274. The molecule has 0 amide bonds. The van der Waals surface area contributed by atoms with Crippen molar-refractivity contribution in [2.24, 2.45) is 5.73 Å². The van der Waals surface area contributed by atoms with E-state index in [1.54, 1.807) is 6.92 Å². The Morgan fingerprint density at radius 2 is 2.15 bits per heavy atom. The topological polar surface area (TPSA) is 58.8 Å². The zero-order valence-electron chi connectivity index (χ0n) is 13.7. The Morgan fingerprint density at radius 3 is 2.75 bits per heavy atom. The van der Waals surface area contributed by atoms with Gasteiger partial charge in [-0.3, -0.25) is 9.69 Å². The highest BCUT2D eigenvalue weighted by Gasteiger charge is 2.35. The third kappa shape index (κ3) is 4.72. The Morgan fingerprint density at radius 1 is 1.50 bits per heavy atom. The summed E-state index contributed by atoms with van der Waals surface area (Å²) in [5, 5.41) is 0. The second-order valence-electron chi connectivity index (χ2n) is 6.39. The van der Waals surface area contributed by atoms with Crippen LogP contribution in [0, 0.1) is 0 Å². The molecular weight excluding hydrogens is 254 g/mol. The van der Waals surface area contributed by atoms with Crippen LogP contribution in [0.25, 0.3) is 0 Å². The first-order valence-electron chi connectivity index (χ1n) is 7.68. The fourth-order valence-electron chi connectivity index (χ4n) is 3.16. The van der Waals surface area contributed by atoms with Crippen LogP contribution in [0.4, 0.5) is 0 Å². The van der Waals surface area contributed by atoms with Crippen molar-refractivity contribution in [1.82, 2.24) is 9.80 Å². The predicted octanol–water partition coefficient (Wildman–Crippen LogP) is 1.07. The molecule has 0 aromatic rings. The van der Waals surface area contributed by atoms with Crippen LogP contribution in [0.1, 0.15) is 40.5 Å². The van der Waals surface area contributed by atoms with Gasteiger partial charge < -0.3 is 15.4 Å². The van der Waals surface area contributed by atoms with Crippen LogP contribution in [0.5, 0.6) is 0 Å². The summed E-state index contributed by atoms with van der Waals surface area (Å²) in [4.78, 5) is 16.7. The van der Waals surface area contributed by atoms with E-state index in [1.807, 2.05) is 6.92 Å². The van der Waals surface area contributed by atoms with Gasteiger partial charge in [-0.15, -0.1) is 0 Å². The molecule has 20 heavy (non-hydrogen) atoms. The number of carbonyl (C=O) groups excluding carboxylic acids is 1. The molecule has 1 rings (SSSR count). The number of rotatable bonds is 5. The van der Waals surface area contributed by atoms with Crippen LogP contribution in [-0.4, -0.2) is 66.7 Å². The van der Waals surface area contributed by atoms with Crippen LogP contribution < -0.4 is 5.73 Å². The summed E-state index contributed by atoms with van der Waals surface area (Å²) in [6, 6.07) is 0.756. The van der Waals surface area contributed by atoms with E-state index in [4.69, 9.17) is 10.5 Å². The predicted molar refractivity (Wildman–Crippen MR) is 81.6 cm³/mol. The molecule has 1 aliphatic rings. The average molecular weight is 285 g/mol. The standard InChI is InChI=1S/C15H31N3O2/c1-6-20-14(19)15(4,16)10-12(2)18-9-7-8-17(5)11-13(18)3/h12-13H,6-11,16H2,1-5H3. The summed E-state index contributed by atoms with van der Waals surface area (Å²) in [6.07, 6.45) is 1.78. The van der Waals surface area contributed by atoms with E-state index >= 15 is 0 Å². The number of nitrogens with zero attached hydrogens (tertiary/aromatic N) is 2. The molecule has 5 heteroatoms. The molecular formula is C15H31N3O2. The monoisotopic (exact) mass is 285 g/mol. The molecule has 1 heterocycles. The molecule has 0 saturated carbocycles. The van der Waals surface area contributed by atoms with Crippen molar-refractivity contribution >= 4 is 5.97 Å². The van der Waals surface area contributed by atoms with Gasteiger partial charge in [0.2, 0.25) is 0 Å². The van der Waals surface area contributed by atoms with Crippen molar-refractivity contribution in [3.63, 3.8) is 0 Å². The van der Waals surface area contributed by atoms with Gasteiger partial charge in [0.15, 0.2) is 0 Å². The van der Waals surface area contributed by atoms with Crippen LogP contribution >= 0.6 is 0 Å². The Balaban J connectivity index is 2.64. The van der Waals surface area contributed by atoms with E-state index in [-0.39, 0.29) is 12.0 Å². The lowest BCUT2D eigenvalue weighted by molar-refractivity contribution is -0.149. The molecule has 0 radical (unpaired) electrons. The van der Waals surface area contributed by atoms with Gasteiger partial charge in [-0.1, -0.05) is 0 Å². The molecule has 0 aromatic carbocycles. The smallest absolute Gasteiger partial charge is 0.325 e. The number of nitrogens with two attached hydrogens (primary N) is 1. The second kappa shape index (κ2) is 7.38. The SMILES string of the molecule is CCOC(=O)C(C)(N)CC(C)N1CCCN(C)CC1C. The lowest BCUT2D eigenvalue weighted by Crippen LogP contribution is -2.53. The molecule has 3 atom stereocenters. The summed E-state index contributed by atoms with van der Waals surface area (Å²) in [5.74, 6) is -0.300. The van der Waals surface area contributed by atoms with Crippen molar-refractivity contribution in [3.8, 4) is 0 Å². The third-order valence-corrected chi connectivity index (χ3v) is 4.13. The van der Waals surface area contributed by atoms with Crippen molar-refractivity contribution in [3.05, 3.63) is 0 Å². The maximum atomic E-state index is 11.9. The Labute approximate surface area is 123 Å². The summed E-state index contributed by atoms with van der Waals surface area (Å²) < 4.78 is 5.07. The highest BCUT2D eigenvalue weighted by atomic mass is 16.5. The first kappa shape index (κ1) is 17.4. The van der Waals surface area contributed by atoms with E-state index in [1.165, 1.54) is 0 Å². The average Bonchev–Trinajstić information content (AvgIpc) is 2.49. The zero-order chi connectivity index (χ0) is 15.3. The molecule has 1 aliphatic heterocycles. The molecule has 1 fully saturated rings. The Hall–Kier alpha value is -0.650.